The molecule has 5 nitrogen and oxygen atoms in total. The van der Waals surface area contributed by atoms with Gasteiger partial charge in [0.1, 0.15) is 5.82 Å². The van der Waals surface area contributed by atoms with Crippen LogP contribution in [-0.2, 0) is 0 Å². The molecule has 1 N–H and O–H groups in total. The number of benzene rings is 1. The third kappa shape index (κ3) is 5.00. The van der Waals surface area contributed by atoms with Gasteiger partial charge in [-0.25, -0.2) is 4.39 Å². The summed E-state index contributed by atoms with van der Waals surface area (Å²) in [5.74, 6) is 0.565. The molecule has 1 amide bonds. The Hall–Kier alpha value is -1.63. The van der Waals surface area contributed by atoms with Crippen LogP contribution in [0.25, 0.3) is 0 Å². The Bertz CT molecular complexity index is 537. The first-order valence-corrected chi connectivity index (χ1v) is 7.85. The van der Waals surface area contributed by atoms with E-state index in [4.69, 9.17) is 0 Å². The van der Waals surface area contributed by atoms with E-state index in [0.29, 0.717) is 0 Å². The average Bonchev–Trinajstić information content (AvgIpc) is 2.41. The van der Waals surface area contributed by atoms with E-state index in [-0.39, 0.29) is 22.9 Å². The molecule has 7 heteroatoms. The molecule has 1 atom stereocenters. The lowest BCUT2D eigenvalue weighted by atomic mass is 10.1. The minimum absolute atomic E-state index is 0.0866. The Morgan fingerprint density at radius 1 is 1.52 bits per heavy atom. The van der Waals surface area contributed by atoms with E-state index in [2.05, 4.69) is 12.2 Å². The van der Waals surface area contributed by atoms with Crippen molar-refractivity contribution in [1.29, 1.82) is 0 Å². The van der Waals surface area contributed by atoms with Crippen LogP contribution in [0.3, 0.4) is 0 Å². The lowest BCUT2D eigenvalue weighted by molar-refractivity contribution is -0.385. The molecule has 0 heterocycles. The van der Waals surface area contributed by atoms with Crippen LogP contribution in [-0.4, -0.2) is 28.4 Å². The van der Waals surface area contributed by atoms with Crippen LogP contribution in [0, 0.1) is 22.9 Å². The minimum Gasteiger partial charge on any atom is -0.349 e. The number of nitro benzene ring substituents is 1. The monoisotopic (exact) mass is 314 g/mol. The molecule has 0 spiro atoms. The fourth-order valence-corrected chi connectivity index (χ4v) is 2.61. The van der Waals surface area contributed by atoms with E-state index in [9.17, 15) is 19.3 Å². The normalized spacial score (nSPS) is 12.0. The molecule has 0 aromatic heterocycles. The van der Waals surface area contributed by atoms with Crippen molar-refractivity contribution >= 4 is 23.4 Å². The maximum atomic E-state index is 14.0. The Morgan fingerprint density at radius 3 is 2.76 bits per heavy atom. The van der Waals surface area contributed by atoms with Gasteiger partial charge in [0, 0.05) is 18.2 Å². The number of carbonyl (C=O) groups is 1. The third-order valence-corrected chi connectivity index (χ3v) is 3.90. The van der Waals surface area contributed by atoms with Gasteiger partial charge in [-0.1, -0.05) is 6.92 Å². The van der Waals surface area contributed by atoms with Crippen molar-refractivity contribution in [2.24, 2.45) is 0 Å². The standard InChI is InChI=1S/C14H19FN2O3S/c1-4-21-6-5-10(3)16-14(18)12-8-11(17(19)20)7-9(2)13(12)15/h7-8,10H,4-6H2,1-3H3,(H,16,18). The molecule has 1 aromatic rings. The minimum atomic E-state index is -0.715. The molecule has 116 valence electrons. The van der Waals surface area contributed by atoms with Crippen molar-refractivity contribution in [2.45, 2.75) is 33.2 Å². The number of hydrogen-bond acceptors (Lipinski definition) is 4. The van der Waals surface area contributed by atoms with Crippen molar-refractivity contribution in [1.82, 2.24) is 5.32 Å². The van der Waals surface area contributed by atoms with E-state index in [1.807, 2.05) is 6.92 Å². The molecule has 1 rings (SSSR count). The number of nitro groups is 1. The quantitative estimate of drug-likeness (QED) is 0.476. The van der Waals surface area contributed by atoms with Gasteiger partial charge in [-0.15, -0.1) is 0 Å². The summed E-state index contributed by atoms with van der Waals surface area (Å²) >= 11 is 1.76. The zero-order valence-corrected chi connectivity index (χ0v) is 13.1. The Balaban J connectivity index is 2.84. The predicted octanol–water partition coefficient (Wildman–Crippen LogP) is 3.30. The number of non-ortho nitro benzene ring substituents is 1. The van der Waals surface area contributed by atoms with Crippen molar-refractivity contribution in [2.75, 3.05) is 11.5 Å². The number of aryl methyl sites for hydroxylation is 1. The number of amides is 1. The molecule has 0 aliphatic carbocycles. The SMILES string of the molecule is CCSCCC(C)NC(=O)c1cc([N+](=O)[O-])cc(C)c1F. The predicted molar refractivity (Wildman–Crippen MR) is 82.3 cm³/mol. The second-order valence-corrected chi connectivity index (χ2v) is 6.14. The lowest BCUT2D eigenvalue weighted by Crippen LogP contribution is -2.33. The van der Waals surface area contributed by atoms with Crippen LogP contribution < -0.4 is 5.32 Å². The summed E-state index contributed by atoms with van der Waals surface area (Å²) in [7, 11) is 0. The molecular weight excluding hydrogens is 295 g/mol. The number of thioether (sulfide) groups is 1. The molecule has 0 bridgehead atoms. The van der Waals surface area contributed by atoms with Gasteiger partial charge in [0.2, 0.25) is 0 Å². The Morgan fingerprint density at radius 2 is 2.19 bits per heavy atom. The zero-order valence-electron chi connectivity index (χ0n) is 12.3. The van der Waals surface area contributed by atoms with Crippen LogP contribution in [0.15, 0.2) is 12.1 Å². The van der Waals surface area contributed by atoms with Crippen molar-refractivity contribution < 1.29 is 14.1 Å². The molecule has 21 heavy (non-hydrogen) atoms. The van der Waals surface area contributed by atoms with Gasteiger partial charge in [-0.3, -0.25) is 14.9 Å². The summed E-state index contributed by atoms with van der Waals surface area (Å²) in [6.45, 7) is 5.28. The van der Waals surface area contributed by atoms with E-state index in [1.54, 1.807) is 11.8 Å². The summed E-state index contributed by atoms with van der Waals surface area (Å²) in [6.07, 6.45) is 0.764. The number of halogens is 1. The van der Waals surface area contributed by atoms with Crippen molar-refractivity contribution in [3.8, 4) is 0 Å². The van der Waals surface area contributed by atoms with Gasteiger partial charge in [-0.2, -0.15) is 11.8 Å². The van der Waals surface area contributed by atoms with Crippen LogP contribution in [0.1, 0.15) is 36.2 Å². The van der Waals surface area contributed by atoms with Crippen LogP contribution in [0.5, 0.6) is 0 Å². The first-order valence-electron chi connectivity index (χ1n) is 6.70. The molecule has 0 saturated heterocycles. The maximum Gasteiger partial charge on any atom is 0.270 e. The third-order valence-electron chi connectivity index (χ3n) is 2.97. The first kappa shape index (κ1) is 17.4. The molecule has 0 aliphatic heterocycles. The summed E-state index contributed by atoms with van der Waals surface area (Å²) in [5, 5.41) is 13.5. The largest absolute Gasteiger partial charge is 0.349 e. The van der Waals surface area contributed by atoms with Gasteiger partial charge in [-0.05, 0) is 37.3 Å². The molecule has 0 saturated carbocycles. The molecule has 0 aliphatic rings. The van der Waals surface area contributed by atoms with Gasteiger partial charge < -0.3 is 5.32 Å². The number of carbonyl (C=O) groups excluding carboxylic acids is 1. The van der Waals surface area contributed by atoms with Gasteiger partial charge >= 0.3 is 0 Å². The van der Waals surface area contributed by atoms with E-state index >= 15 is 0 Å². The second-order valence-electron chi connectivity index (χ2n) is 4.74. The van der Waals surface area contributed by atoms with E-state index in [1.165, 1.54) is 6.92 Å². The summed E-state index contributed by atoms with van der Waals surface area (Å²) in [5.41, 5.74) is -0.478. The molecule has 0 radical (unpaired) electrons. The molecule has 0 fully saturated rings. The first-order chi connectivity index (χ1) is 9.86. The Kier molecular flexibility index (Phi) is 6.61. The number of rotatable bonds is 7. The number of nitrogens with one attached hydrogen (secondary N) is 1. The second kappa shape index (κ2) is 7.97. The van der Waals surface area contributed by atoms with Crippen molar-refractivity contribution in [3.63, 3.8) is 0 Å². The van der Waals surface area contributed by atoms with Crippen molar-refractivity contribution in [3.05, 3.63) is 39.2 Å². The van der Waals surface area contributed by atoms with Crippen LogP contribution in [0.4, 0.5) is 10.1 Å². The number of nitrogens with zero attached hydrogens (tertiary/aromatic N) is 1. The van der Waals surface area contributed by atoms with Gasteiger partial charge in [0.25, 0.3) is 11.6 Å². The molecular formula is C14H19FN2O3S. The highest BCUT2D eigenvalue weighted by Crippen LogP contribution is 2.21. The summed E-state index contributed by atoms with van der Waals surface area (Å²) in [6, 6.07) is 1.98. The smallest absolute Gasteiger partial charge is 0.270 e. The summed E-state index contributed by atoms with van der Waals surface area (Å²) < 4.78 is 14.0. The van der Waals surface area contributed by atoms with Crippen LogP contribution in [0.2, 0.25) is 0 Å². The fourth-order valence-electron chi connectivity index (χ4n) is 1.80. The highest BCUT2D eigenvalue weighted by atomic mass is 32.2. The van der Waals surface area contributed by atoms with E-state index < -0.39 is 16.6 Å². The van der Waals surface area contributed by atoms with Crippen LogP contribution >= 0.6 is 11.8 Å². The number of hydrogen-bond donors (Lipinski definition) is 1. The maximum absolute atomic E-state index is 14.0. The topological polar surface area (TPSA) is 72.2 Å². The molecule has 1 unspecified atom stereocenters. The average molecular weight is 314 g/mol. The van der Waals surface area contributed by atoms with Gasteiger partial charge in [0.15, 0.2) is 0 Å². The Labute approximate surface area is 127 Å². The fraction of sp³-hybridized carbons (Fsp3) is 0.500. The lowest BCUT2D eigenvalue weighted by Gasteiger charge is -2.14. The highest BCUT2D eigenvalue weighted by Gasteiger charge is 2.20. The highest BCUT2D eigenvalue weighted by molar-refractivity contribution is 7.99. The molecule has 1 aromatic carbocycles. The van der Waals surface area contributed by atoms with E-state index in [0.717, 1.165) is 30.1 Å². The van der Waals surface area contributed by atoms with Gasteiger partial charge in [0.05, 0.1) is 10.5 Å². The summed E-state index contributed by atoms with van der Waals surface area (Å²) in [4.78, 5) is 22.2. The zero-order chi connectivity index (χ0) is 16.0.